The van der Waals surface area contributed by atoms with Gasteiger partial charge in [-0.15, -0.1) is 11.3 Å². The van der Waals surface area contributed by atoms with Crippen LogP contribution in [0.15, 0.2) is 46.6 Å². The maximum atomic E-state index is 13.1. The van der Waals surface area contributed by atoms with Gasteiger partial charge in [0.25, 0.3) is 5.91 Å². The molecule has 2 fully saturated rings. The SMILES string of the molecule is CCCc1nc(C(=O)N2CCOC3(CCN(CCOc4ccc(CNC[C@H](O)c5ccc(O)c6[nH]c(=O)sc56)cc4)CC3)C2)cs1. The molecule has 0 aliphatic carbocycles. The minimum atomic E-state index is -0.824. The lowest BCUT2D eigenvalue weighted by Gasteiger charge is -2.47. The minimum Gasteiger partial charge on any atom is -0.506 e. The summed E-state index contributed by atoms with van der Waals surface area (Å²) in [6, 6.07) is 11.0. The second kappa shape index (κ2) is 14.6. The number of amides is 1. The summed E-state index contributed by atoms with van der Waals surface area (Å²) in [6.07, 6.45) is 2.88. The molecule has 0 bridgehead atoms. The number of nitrogens with one attached hydrogen (secondary N) is 2. The van der Waals surface area contributed by atoms with Gasteiger partial charge in [0.2, 0.25) is 0 Å². The number of phenols is 1. The number of rotatable bonds is 12. The lowest BCUT2D eigenvalue weighted by Crippen LogP contribution is -2.58. The van der Waals surface area contributed by atoms with E-state index in [-0.39, 0.29) is 22.1 Å². The molecule has 1 spiro atoms. The normalized spacial score (nSPS) is 17.5. The Kier molecular flexibility index (Phi) is 10.4. The Labute approximate surface area is 275 Å². The van der Waals surface area contributed by atoms with Crippen LogP contribution < -0.4 is 14.9 Å². The summed E-state index contributed by atoms with van der Waals surface area (Å²) in [7, 11) is 0. The number of morpholine rings is 1. The molecule has 4 heterocycles. The Bertz CT molecular complexity index is 1680. The number of aromatic hydroxyl groups is 1. The van der Waals surface area contributed by atoms with E-state index in [0.717, 1.165) is 73.0 Å². The number of hydrogen-bond acceptors (Lipinski definition) is 11. The number of benzene rings is 2. The third-order valence-electron chi connectivity index (χ3n) is 8.75. The van der Waals surface area contributed by atoms with Crippen molar-refractivity contribution in [3.8, 4) is 11.5 Å². The monoisotopic (exact) mass is 667 g/mol. The van der Waals surface area contributed by atoms with Crippen molar-refractivity contribution in [1.82, 2.24) is 25.1 Å². The fraction of sp³-hybridized carbons (Fsp3) is 0.485. The van der Waals surface area contributed by atoms with Crippen molar-refractivity contribution in [2.75, 3.05) is 52.5 Å². The number of fused-ring (bicyclic) bond motifs is 1. The number of nitrogens with zero attached hydrogens (tertiary/aromatic N) is 3. The number of carbonyl (C=O) groups is 1. The largest absolute Gasteiger partial charge is 0.506 e. The van der Waals surface area contributed by atoms with Gasteiger partial charge < -0.3 is 34.9 Å². The van der Waals surface area contributed by atoms with Gasteiger partial charge in [-0.3, -0.25) is 14.5 Å². The van der Waals surface area contributed by atoms with Crippen LogP contribution in [-0.2, 0) is 17.7 Å². The smallest absolute Gasteiger partial charge is 0.305 e. The van der Waals surface area contributed by atoms with Crippen LogP contribution in [0, 0.1) is 0 Å². The number of hydrogen-bond donors (Lipinski definition) is 4. The molecule has 2 saturated heterocycles. The summed E-state index contributed by atoms with van der Waals surface area (Å²) < 4.78 is 12.9. The van der Waals surface area contributed by atoms with E-state index in [1.807, 2.05) is 34.5 Å². The highest BCUT2D eigenvalue weighted by Gasteiger charge is 2.41. The standard InChI is InChI=1S/C33H41N5O6S2/c1-2-3-28-35-25(20-45-28)31(41)38-15-17-44-33(21-38)10-12-37(13-11-33)14-16-43-23-6-4-22(5-7-23)18-34-19-27(40)24-8-9-26(39)29-30(24)46-32(42)36-29/h4-9,20,27,34,39-40H,2-3,10-19,21H2,1H3,(H,36,42)/t27-/m0/s1. The number of aromatic amines is 1. The Morgan fingerprint density at radius 3 is 2.78 bits per heavy atom. The Morgan fingerprint density at radius 1 is 1.20 bits per heavy atom. The van der Waals surface area contributed by atoms with Gasteiger partial charge in [-0.05, 0) is 49.4 Å². The van der Waals surface area contributed by atoms with Crippen molar-refractivity contribution < 1.29 is 24.5 Å². The molecule has 0 unspecified atom stereocenters. The van der Waals surface area contributed by atoms with E-state index in [9.17, 15) is 19.8 Å². The van der Waals surface area contributed by atoms with Crippen molar-refractivity contribution in [2.45, 2.75) is 50.9 Å². The van der Waals surface area contributed by atoms with Crippen molar-refractivity contribution >= 4 is 38.8 Å². The van der Waals surface area contributed by atoms with E-state index in [0.29, 0.717) is 60.9 Å². The number of aromatic nitrogens is 2. The number of thiazole rings is 2. The third kappa shape index (κ3) is 7.62. The van der Waals surface area contributed by atoms with Crippen molar-refractivity contribution in [3.05, 3.63) is 73.3 Å². The molecular weight excluding hydrogens is 627 g/mol. The first-order valence-electron chi connectivity index (χ1n) is 15.9. The summed E-state index contributed by atoms with van der Waals surface area (Å²) in [5.74, 6) is 0.816. The highest BCUT2D eigenvalue weighted by Crippen LogP contribution is 2.32. The molecule has 4 N–H and O–H groups in total. The number of H-pyrrole nitrogens is 1. The van der Waals surface area contributed by atoms with Gasteiger partial charge in [0.05, 0.1) is 34.6 Å². The van der Waals surface area contributed by atoms with Crippen LogP contribution in [0.5, 0.6) is 11.5 Å². The van der Waals surface area contributed by atoms with Crippen LogP contribution in [0.3, 0.4) is 0 Å². The van der Waals surface area contributed by atoms with Gasteiger partial charge in [-0.2, -0.15) is 0 Å². The molecule has 0 radical (unpaired) electrons. The summed E-state index contributed by atoms with van der Waals surface area (Å²) in [5, 5.41) is 26.9. The summed E-state index contributed by atoms with van der Waals surface area (Å²) in [6.45, 7) is 7.97. The molecule has 4 aromatic rings. The highest BCUT2D eigenvalue weighted by atomic mass is 32.1. The molecule has 2 aliphatic rings. The Hall–Kier alpha value is -3.33. The average Bonchev–Trinajstić information content (AvgIpc) is 3.70. The molecule has 6 rings (SSSR count). The fourth-order valence-corrected chi connectivity index (χ4v) is 7.96. The number of aliphatic hydroxyl groups excluding tert-OH is 1. The number of aryl methyl sites for hydroxylation is 1. The Morgan fingerprint density at radius 2 is 2.00 bits per heavy atom. The number of ether oxygens (including phenoxy) is 2. The van der Waals surface area contributed by atoms with Crippen molar-refractivity contribution in [2.24, 2.45) is 0 Å². The zero-order chi connectivity index (χ0) is 32.1. The maximum Gasteiger partial charge on any atom is 0.305 e. The van der Waals surface area contributed by atoms with Gasteiger partial charge in [-0.1, -0.05) is 36.5 Å². The second-order valence-electron chi connectivity index (χ2n) is 12.0. The summed E-state index contributed by atoms with van der Waals surface area (Å²) >= 11 is 2.55. The first-order valence-corrected chi connectivity index (χ1v) is 17.6. The van der Waals surface area contributed by atoms with E-state index < -0.39 is 6.10 Å². The van der Waals surface area contributed by atoms with E-state index in [2.05, 4.69) is 27.1 Å². The van der Waals surface area contributed by atoms with E-state index >= 15 is 0 Å². The molecule has 2 aromatic heterocycles. The van der Waals surface area contributed by atoms with Crippen LogP contribution in [0.1, 0.15) is 58.9 Å². The first-order chi connectivity index (χ1) is 22.3. The average molecular weight is 668 g/mol. The predicted octanol–water partition coefficient (Wildman–Crippen LogP) is 3.91. The first kappa shape index (κ1) is 32.6. The van der Waals surface area contributed by atoms with Crippen LogP contribution in [0.2, 0.25) is 0 Å². The second-order valence-corrected chi connectivity index (χ2v) is 13.9. The molecule has 2 aliphatic heterocycles. The number of likely N-dealkylation sites (tertiary alicyclic amines) is 1. The molecular formula is C33H41N5O6S2. The van der Waals surface area contributed by atoms with Crippen molar-refractivity contribution in [1.29, 1.82) is 0 Å². The summed E-state index contributed by atoms with van der Waals surface area (Å²) in [4.78, 5) is 36.1. The van der Waals surface area contributed by atoms with E-state index in [4.69, 9.17) is 9.47 Å². The lowest BCUT2D eigenvalue weighted by molar-refractivity contribution is -0.127. The van der Waals surface area contributed by atoms with E-state index in [1.54, 1.807) is 17.4 Å². The van der Waals surface area contributed by atoms with E-state index in [1.165, 1.54) is 6.07 Å². The Balaban J connectivity index is 0.906. The predicted molar refractivity (Wildman–Crippen MR) is 179 cm³/mol. The van der Waals surface area contributed by atoms with Gasteiger partial charge >= 0.3 is 4.87 Å². The zero-order valence-corrected chi connectivity index (χ0v) is 27.6. The van der Waals surface area contributed by atoms with Crippen LogP contribution >= 0.6 is 22.7 Å². The molecule has 246 valence electrons. The van der Waals surface area contributed by atoms with Gasteiger partial charge in [0.1, 0.15) is 29.3 Å². The third-order valence-corrected chi connectivity index (χ3v) is 10.6. The molecule has 46 heavy (non-hydrogen) atoms. The number of aliphatic hydroxyl groups is 1. The van der Waals surface area contributed by atoms with Crippen molar-refractivity contribution in [3.63, 3.8) is 0 Å². The molecule has 1 amide bonds. The topological polar surface area (TPSA) is 140 Å². The molecule has 0 saturated carbocycles. The molecule has 2 aromatic carbocycles. The van der Waals surface area contributed by atoms with Crippen LogP contribution in [0.4, 0.5) is 0 Å². The molecule has 11 nitrogen and oxygen atoms in total. The maximum absolute atomic E-state index is 13.1. The minimum absolute atomic E-state index is 0.00698. The van der Waals surface area contributed by atoms with Gasteiger partial charge in [0.15, 0.2) is 0 Å². The lowest BCUT2D eigenvalue weighted by atomic mass is 9.89. The van der Waals surface area contributed by atoms with Crippen LogP contribution in [0.25, 0.3) is 10.2 Å². The van der Waals surface area contributed by atoms with Crippen LogP contribution in [-0.4, -0.2) is 94.0 Å². The summed E-state index contributed by atoms with van der Waals surface area (Å²) in [5.41, 5.74) is 2.30. The zero-order valence-electron chi connectivity index (χ0n) is 26.0. The van der Waals surface area contributed by atoms with Gasteiger partial charge in [-0.25, -0.2) is 4.98 Å². The van der Waals surface area contributed by atoms with Gasteiger partial charge in [0, 0.05) is 50.2 Å². The number of carbonyl (C=O) groups excluding carboxylic acids is 1. The highest BCUT2D eigenvalue weighted by molar-refractivity contribution is 7.16. The number of phenolic OH excluding ortho intramolecular Hbond substituents is 1. The number of piperidine rings is 1. The molecule has 13 heteroatoms. The quantitative estimate of drug-likeness (QED) is 0.177. The fourth-order valence-electron chi connectivity index (χ4n) is 6.17. The molecule has 1 atom stereocenters.